The second kappa shape index (κ2) is 65.9. The molecular weight excluding hydrogens is 1880 g/mol. The number of piperidine rings is 1. The molecule has 774 valence electrons. The van der Waals surface area contributed by atoms with Gasteiger partial charge < -0.3 is 97.6 Å². The number of amides is 9. The zero-order valence-electron chi connectivity index (χ0n) is 81.3. The van der Waals surface area contributed by atoms with Crippen LogP contribution in [0.4, 0.5) is 9.59 Å². The van der Waals surface area contributed by atoms with E-state index in [-0.39, 0.29) is 149 Å². The maximum absolute atomic E-state index is 14.9. The molecular formula is C97H140N12O28S3. The number of nitrogens with one attached hydrogen (secondary N) is 8. The zero-order chi connectivity index (χ0) is 104. The van der Waals surface area contributed by atoms with E-state index in [0.717, 1.165) is 60.4 Å². The highest BCUT2D eigenvalue weighted by molar-refractivity contribution is 8.76. The maximum atomic E-state index is 14.9. The van der Waals surface area contributed by atoms with Crippen LogP contribution >= 0.6 is 32.9 Å². The molecule has 5 rings (SSSR count). The average Bonchev–Trinajstić information content (AvgIpc) is 1.42. The van der Waals surface area contributed by atoms with Crippen LogP contribution < -0.4 is 48.3 Å². The van der Waals surface area contributed by atoms with Gasteiger partial charge in [0.15, 0.2) is 42.2 Å². The second-order valence-electron chi connectivity index (χ2n) is 35.0. The van der Waals surface area contributed by atoms with Crippen molar-refractivity contribution in [1.29, 1.82) is 0 Å². The third kappa shape index (κ3) is 46.9. The average molecular weight is 2020 g/mol. The lowest BCUT2D eigenvalue weighted by Crippen LogP contribution is -2.53. The highest BCUT2D eigenvalue weighted by atomic mass is 33.1. The van der Waals surface area contributed by atoms with E-state index in [4.69, 9.17) is 20.3 Å². The number of ketones is 4. The van der Waals surface area contributed by atoms with E-state index in [9.17, 15) is 112 Å². The Balaban J connectivity index is 0.000000596. The fourth-order valence-corrected chi connectivity index (χ4v) is 18.5. The van der Waals surface area contributed by atoms with Gasteiger partial charge in [0.1, 0.15) is 28.5 Å². The number of likely N-dealkylation sites (tertiary alicyclic amines) is 1. The van der Waals surface area contributed by atoms with Crippen molar-refractivity contribution < 1.29 is 136 Å². The maximum Gasteiger partial charge on any atom is 0.407 e. The summed E-state index contributed by atoms with van der Waals surface area (Å²) in [6, 6.07) is 16.0. The molecule has 14 atom stereocenters. The predicted octanol–water partition coefficient (Wildman–Crippen LogP) is 8.74. The summed E-state index contributed by atoms with van der Waals surface area (Å²) in [4.78, 5) is 250. The molecule has 9 amide bonds. The topological polar surface area (TPSA) is 604 Å². The molecule has 40 nitrogen and oxygen atoms in total. The van der Waals surface area contributed by atoms with E-state index in [1.807, 2.05) is 48.6 Å². The van der Waals surface area contributed by atoms with Crippen LogP contribution in [-0.2, 0) is 115 Å². The molecule has 43 heteroatoms. The highest BCUT2D eigenvalue weighted by Gasteiger charge is 2.41. The molecule has 3 aromatic carbocycles. The van der Waals surface area contributed by atoms with E-state index >= 15 is 0 Å². The number of phenols is 1. The Morgan fingerprint density at radius 3 is 1.89 bits per heavy atom. The number of hydrogen-bond acceptors (Lipinski definition) is 30. The first-order valence-corrected chi connectivity index (χ1v) is 50.5. The Morgan fingerprint density at radius 1 is 0.636 bits per heavy atom. The summed E-state index contributed by atoms with van der Waals surface area (Å²) in [5, 5.41) is 69.3. The summed E-state index contributed by atoms with van der Waals surface area (Å²) >= 11 is 1.11. The number of phenolic OH excluding ortho intramolecular Hbond substituents is 1. The third-order valence-electron chi connectivity index (χ3n) is 23.4. The number of aromatic nitrogens is 1. The number of aromatic hydroxyl groups is 1. The lowest BCUT2D eigenvalue weighted by molar-refractivity contribution is -0.162. The molecule has 1 aliphatic heterocycles. The number of carboxylic acid groups (broad SMARTS) is 4. The van der Waals surface area contributed by atoms with Gasteiger partial charge in [0.2, 0.25) is 29.5 Å². The van der Waals surface area contributed by atoms with Gasteiger partial charge in [-0.05, 0) is 125 Å². The zero-order valence-corrected chi connectivity index (χ0v) is 83.7. The van der Waals surface area contributed by atoms with Crippen molar-refractivity contribution in [3.63, 3.8) is 0 Å². The largest absolute Gasteiger partial charge is 0.508 e. The number of hydrogen-bond donors (Lipinski definition) is 14. The summed E-state index contributed by atoms with van der Waals surface area (Å²) in [6.45, 7) is 14.5. The number of nitrogens with two attached hydrogens (primary N) is 1. The number of methoxy groups -OCH3 is 1. The number of alkyl carbamates (subject to hydrolysis) is 1. The quantitative estimate of drug-likeness (QED) is 0.00490. The number of Topliss-reactive ketones (excluding diaryl/α,β-unsaturated/α-hetero) is 4. The molecule has 4 aromatic rings. The summed E-state index contributed by atoms with van der Waals surface area (Å²) in [5.41, 5.74) is 8.40. The van der Waals surface area contributed by atoms with E-state index in [1.165, 1.54) is 52.7 Å². The molecule has 0 bridgehead atoms. The van der Waals surface area contributed by atoms with E-state index in [0.29, 0.717) is 55.5 Å². The monoisotopic (exact) mass is 2020 g/mol. The molecule has 0 spiro atoms. The number of likely N-dealkylation sites (N-methyl/N-ethyl adjacent to an activating group) is 1. The van der Waals surface area contributed by atoms with Gasteiger partial charge in [0, 0.05) is 118 Å². The van der Waals surface area contributed by atoms with Crippen molar-refractivity contribution in [3.05, 3.63) is 118 Å². The van der Waals surface area contributed by atoms with Crippen molar-refractivity contribution in [3.8, 4) is 5.75 Å². The van der Waals surface area contributed by atoms with Crippen LogP contribution in [0.1, 0.15) is 235 Å². The summed E-state index contributed by atoms with van der Waals surface area (Å²) in [7, 11) is 5.85. The van der Waals surface area contributed by atoms with Crippen LogP contribution in [0.25, 0.3) is 0 Å². The van der Waals surface area contributed by atoms with Crippen LogP contribution in [0, 0.1) is 35.5 Å². The number of nitrogens with zero attached hydrogens (tertiary/aromatic N) is 3. The molecule has 2 heterocycles. The molecule has 0 radical (unpaired) electrons. The minimum atomic E-state index is -1.60. The number of benzene rings is 3. The van der Waals surface area contributed by atoms with Gasteiger partial charge in [0.25, 0.3) is 12.4 Å². The van der Waals surface area contributed by atoms with Crippen LogP contribution in [-0.4, -0.2) is 260 Å². The first-order valence-electron chi connectivity index (χ1n) is 47.2. The number of aliphatic carboxylic acids is 4. The first kappa shape index (κ1) is 120. The SMILES string of the molecule is CCCC(=O)OCN(C(=O)[C@@H](CC(=O)[C@H]1CCCCN1C)C(C)CC)[C@H](C[C@@H](OC(C)=O)c1nc(C(=O)N[C@@H](Cc2ccc(O)cc2)C[C@H](C)C(=O)CNC(=O)OC)cs1)C(C)C.CCCSSC[C@H](CC(=O)[C@H](CC(=O)O)NC(=O)[C@@H](N)CNC(=O)[C@@H](CC(=O)[C@H](Cc1ccccc1)NC(=O)CCCCCCNC(=O)CC[C@H](NC(=O)N[C@@H](CCC(=O)O)OC=O)C(=O)O)Cc1ccccc1)C(=O)O. The van der Waals surface area contributed by atoms with Gasteiger partial charge >= 0.3 is 47.9 Å². The van der Waals surface area contributed by atoms with Gasteiger partial charge in [-0.2, -0.15) is 0 Å². The normalized spacial score (nSPS) is 15.1. The Kier molecular flexibility index (Phi) is 56.6. The van der Waals surface area contributed by atoms with Gasteiger partial charge in [-0.15, -0.1) is 11.3 Å². The minimum Gasteiger partial charge on any atom is -0.508 e. The number of ether oxygens (including phenoxy) is 4. The molecule has 15 N–H and O–H groups in total. The Bertz CT molecular complexity index is 4670. The fraction of sp³-hybridized carbons (Fsp3) is 0.588. The Hall–Kier alpha value is -12.0. The number of esters is 2. The summed E-state index contributed by atoms with van der Waals surface area (Å²) in [5.74, 6) is -14.2. The molecule has 1 aromatic heterocycles. The van der Waals surface area contributed by atoms with Gasteiger partial charge in [-0.3, -0.25) is 81.6 Å². The Labute approximate surface area is 828 Å². The number of unbranched alkanes of at least 4 members (excludes halogenated alkanes) is 3. The van der Waals surface area contributed by atoms with Gasteiger partial charge in [-0.25, -0.2) is 19.4 Å². The number of urea groups is 1. The number of rotatable bonds is 67. The lowest BCUT2D eigenvalue weighted by Gasteiger charge is -2.39. The smallest absolute Gasteiger partial charge is 0.407 e. The van der Waals surface area contributed by atoms with Gasteiger partial charge in [-0.1, -0.05) is 169 Å². The van der Waals surface area contributed by atoms with Crippen LogP contribution in [0.2, 0.25) is 0 Å². The molecule has 0 aliphatic carbocycles. The highest BCUT2D eigenvalue weighted by Crippen LogP contribution is 2.35. The molecule has 1 saturated heterocycles. The van der Waals surface area contributed by atoms with Crippen LogP contribution in [0.15, 0.2) is 90.3 Å². The van der Waals surface area contributed by atoms with Crippen molar-refractivity contribution in [1.82, 2.24) is 57.3 Å². The molecule has 1 unspecified atom stereocenters. The van der Waals surface area contributed by atoms with Crippen molar-refractivity contribution >= 4 is 146 Å². The molecule has 0 saturated carbocycles. The standard InChI is InChI=1S/C51H71N7O17S2.C46H69N5O11S/c1-2-23-76-77-30-35(49(70)71)27-41(61)39(28-46(66)67)56-48(69)36(52)29-54-47(68)34(24-32-13-7-5-8-14-32)26-40(60)38(25-33-15-9-6-10-16-33)55-43(63)17-11-3-4-12-22-53-42(62)19-18-37(50(72)73)57-51(74)58-44(75-31-59)20-21-45(64)65;1-10-14-42(56)61-27-51(45(58)35(29(5)11-2)23-39(54)37-15-12-13-20-50(37)8)38(28(3)4)24-41(62-31(7)52)44-49-36(26-63-44)43(57)48-33(22-32-16-18-34(53)19-17-32)21-30(6)40(55)25-47-46(59)60-9/h5-10,13-16,31,34-39,44H,2-4,11-12,17-30,52H2,1H3,(H,53,62)(H,54,68)(H,55,63)(H,56,69)(H,64,65)(H,66,67)(H,70,71)(H,72,73)(H2,57,58,74);16-19,26,28-30,33,35,37-38,41,53H,10-15,20-25,27H2,1-9H3,(H,47,59)(H,48,57)/t34-,35+,36+,37+,38+,39+,44-;29?,30-,33+,35-,37+,38+,41+/m10/s1. The van der Waals surface area contributed by atoms with Crippen molar-refractivity contribution in [2.24, 2.45) is 41.2 Å². The number of carbonyl (C=O) groups excluding carboxylic acids is 15. The lowest BCUT2D eigenvalue weighted by atomic mass is 9.82. The first-order chi connectivity index (χ1) is 66.6. The number of carboxylic acids is 4. The van der Waals surface area contributed by atoms with Crippen LogP contribution in [0.5, 0.6) is 5.75 Å². The molecule has 1 fully saturated rings. The molecule has 1 aliphatic rings. The van der Waals surface area contributed by atoms with Crippen LogP contribution in [0.3, 0.4) is 0 Å². The predicted molar refractivity (Wildman–Crippen MR) is 520 cm³/mol. The van der Waals surface area contributed by atoms with Crippen molar-refractivity contribution in [2.45, 2.75) is 271 Å². The van der Waals surface area contributed by atoms with E-state index in [1.54, 1.807) is 85.1 Å². The van der Waals surface area contributed by atoms with Gasteiger partial charge in [0.05, 0.1) is 50.5 Å². The second-order valence-corrected chi connectivity index (χ2v) is 38.5. The summed E-state index contributed by atoms with van der Waals surface area (Å²) in [6.07, 6.45) is 1.81. The van der Waals surface area contributed by atoms with E-state index in [2.05, 4.69) is 61.9 Å². The fourth-order valence-electron chi connectivity index (χ4n) is 15.2. The number of thiazole rings is 1. The molecule has 140 heavy (non-hydrogen) atoms. The minimum absolute atomic E-state index is 0.00208. The van der Waals surface area contributed by atoms with E-state index < -0.39 is 187 Å². The number of carbonyl (C=O) groups is 19. The summed E-state index contributed by atoms with van der Waals surface area (Å²) < 4.78 is 20.7. The Morgan fingerprint density at radius 2 is 1.29 bits per heavy atom. The third-order valence-corrected chi connectivity index (χ3v) is 27.0. The van der Waals surface area contributed by atoms with Crippen molar-refractivity contribution in [2.75, 3.05) is 58.6 Å².